The lowest BCUT2D eigenvalue weighted by molar-refractivity contribution is -0.368. The number of benzene rings is 1. The molecule has 0 bridgehead atoms. The summed E-state index contributed by atoms with van der Waals surface area (Å²) >= 11 is 0. The van der Waals surface area contributed by atoms with Crippen LogP contribution in [0, 0.1) is 0 Å². The Bertz CT molecular complexity index is 570. The molecule has 6 N–H and O–H groups in total. The first-order valence-corrected chi connectivity index (χ1v) is 19.1. The van der Waals surface area contributed by atoms with Gasteiger partial charge in [0, 0.05) is 0 Å². The maximum atomic E-state index is 10.6. The lowest BCUT2D eigenvalue weighted by Gasteiger charge is -2.26. The third kappa shape index (κ3) is 37.2. The Hall–Kier alpha value is -0.875. The topological polar surface area (TPSA) is 101 Å². The minimum atomic E-state index is -1.85. The SMILES string of the molecule is CCCCCCCCCCCC[NH3+].CCCCCCCCCCCC[NH3+].CCCCCCCCc1ccc(B([O-])[O-])cc1. The molecule has 1 aromatic rings. The number of unbranched alkanes of at least 4 members (excludes halogenated alkanes) is 23. The molecule has 254 valence electrons. The number of hydrogen-bond acceptors (Lipinski definition) is 2. The largest absolute Gasteiger partial charge is 0.889 e. The van der Waals surface area contributed by atoms with Crippen LogP contribution in [0.2, 0.25) is 0 Å². The van der Waals surface area contributed by atoms with Crippen LogP contribution in [0.5, 0.6) is 0 Å². The molecule has 4 nitrogen and oxygen atoms in total. The van der Waals surface area contributed by atoms with E-state index < -0.39 is 7.12 Å². The fourth-order valence-corrected chi connectivity index (χ4v) is 5.28. The smallest absolute Gasteiger partial charge is 0.0739 e. The minimum Gasteiger partial charge on any atom is -0.889 e. The van der Waals surface area contributed by atoms with Crippen molar-refractivity contribution >= 4 is 12.6 Å². The van der Waals surface area contributed by atoms with Crippen molar-refractivity contribution < 1.29 is 21.5 Å². The minimum absolute atomic E-state index is 0.344. The van der Waals surface area contributed by atoms with Gasteiger partial charge in [-0.1, -0.05) is 187 Å². The molecule has 0 heterocycles. The van der Waals surface area contributed by atoms with Crippen molar-refractivity contribution in [2.75, 3.05) is 13.1 Å². The highest BCUT2D eigenvalue weighted by Gasteiger charge is 1.95. The Balaban J connectivity index is 0. The van der Waals surface area contributed by atoms with Gasteiger partial charge in [-0.2, -0.15) is 0 Å². The molecule has 0 atom stereocenters. The molecule has 1 rings (SSSR count). The number of quaternary nitrogens is 2. The van der Waals surface area contributed by atoms with Crippen LogP contribution in [-0.4, -0.2) is 20.2 Å². The van der Waals surface area contributed by atoms with Crippen molar-refractivity contribution in [3.63, 3.8) is 0 Å². The van der Waals surface area contributed by atoms with E-state index in [0.29, 0.717) is 5.46 Å². The Morgan fingerprint density at radius 1 is 0.419 bits per heavy atom. The predicted octanol–water partition coefficient (Wildman–Crippen LogP) is 7.30. The number of rotatable bonds is 28. The van der Waals surface area contributed by atoms with Crippen LogP contribution in [0.15, 0.2) is 24.3 Å². The summed E-state index contributed by atoms with van der Waals surface area (Å²) in [4.78, 5) is 0. The number of hydrogen-bond donors (Lipinski definition) is 2. The van der Waals surface area contributed by atoms with Gasteiger partial charge in [0.25, 0.3) is 0 Å². The van der Waals surface area contributed by atoms with Crippen molar-refractivity contribution in [3.05, 3.63) is 29.8 Å². The number of aryl methyl sites for hydroxylation is 1. The third-order valence-electron chi connectivity index (χ3n) is 8.28. The van der Waals surface area contributed by atoms with Crippen LogP contribution in [0.1, 0.15) is 193 Å². The molecule has 0 amide bonds. The van der Waals surface area contributed by atoms with E-state index in [2.05, 4.69) is 32.2 Å². The highest BCUT2D eigenvalue weighted by atomic mass is 16.4. The van der Waals surface area contributed by atoms with Crippen molar-refractivity contribution in [2.24, 2.45) is 0 Å². The van der Waals surface area contributed by atoms with Gasteiger partial charge >= 0.3 is 0 Å². The standard InChI is InChI=1S/C14H21BO2.2C12H27N/c1-2-3-4-5-6-7-8-13-9-11-14(12-10-13)15(16)17;2*1-2-3-4-5-6-7-8-9-10-11-12-13/h9-12H,2-8H2,1H3;2*2-13H2,1H3/q-2;;/p+2. The van der Waals surface area contributed by atoms with Gasteiger partial charge in [0.15, 0.2) is 0 Å². The normalized spacial score (nSPS) is 10.6. The third-order valence-corrected chi connectivity index (χ3v) is 8.28. The molecule has 5 heteroatoms. The molecule has 0 aromatic heterocycles. The summed E-state index contributed by atoms with van der Waals surface area (Å²) < 4.78 is 0. The lowest BCUT2D eigenvalue weighted by Crippen LogP contribution is -2.55. The monoisotopic (exact) mass is 605 g/mol. The first-order valence-electron chi connectivity index (χ1n) is 19.1. The van der Waals surface area contributed by atoms with Gasteiger partial charge in [-0.25, -0.2) is 0 Å². The fraction of sp³-hybridized carbons (Fsp3) is 0.842. The average molecular weight is 605 g/mol. The quantitative estimate of drug-likeness (QED) is 0.0774. The zero-order valence-electron chi connectivity index (χ0n) is 29.6. The summed E-state index contributed by atoms with van der Waals surface area (Å²) in [5.74, 6) is 0. The molecule has 0 radical (unpaired) electrons. The average Bonchev–Trinajstić information content (AvgIpc) is 3.02. The van der Waals surface area contributed by atoms with Crippen molar-refractivity contribution in [3.8, 4) is 0 Å². The lowest BCUT2D eigenvalue weighted by atomic mass is 9.80. The molecular formula is C38H77BN2O2. The van der Waals surface area contributed by atoms with E-state index in [1.54, 1.807) is 12.1 Å². The molecule has 0 unspecified atom stereocenters. The van der Waals surface area contributed by atoms with Gasteiger partial charge in [0.1, 0.15) is 0 Å². The van der Waals surface area contributed by atoms with Crippen molar-refractivity contribution in [2.45, 2.75) is 194 Å². The highest BCUT2D eigenvalue weighted by molar-refractivity contribution is 6.55. The first kappa shape index (κ1) is 44.3. The summed E-state index contributed by atoms with van der Waals surface area (Å²) in [7, 11) is -1.85. The predicted molar refractivity (Wildman–Crippen MR) is 188 cm³/mol. The Morgan fingerprint density at radius 2 is 0.698 bits per heavy atom. The Morgan fingerprint density at radius 3 is 0.977 bits per heavy atom. The summed E-state index contributed by atoms with van der Waals surface area (Å²) in [6.45, 7) is 9.02. The molecule has 0 aliphatic carbocycles. The van der Waals surface area contributed by atoms with Crippen LogP contribution in [0.4, 0.5) is 0 Å². The Kier molecular flexibility index (Phi) is 40.3. The van der Waals surface area contributed by atoms with E-state index in [-0.39, 0.29) is 0 Å². The van der Waals surface area contributed by atoms with E-state index in [9.17, 15) is 10.0 Å². The molecule has 0 aliphatic heterocycles. The van der Waals surface area contributed by atoms with Crippen LogP contribution < -0.4 is 27.0 Å². The van der Waals surface area contributed by atoms with Gasteiger partial charge in [-0.05, 0) is 44.1 Å². The molecular weight excluding hydrogens is 527 g/mol. The molecule has 0 aliphatic rings. The maximum Gasteiger partial charge on any atom is 0.0739 e. The Labute approximate surface area is 270 Å². The summed E-state index contributed by atoms with van der Waals surface area (Å²) in [5, 5.41) is 21.3. The van der Waals surface area contributed by atoms with Gasteiger partial charge < -0.3 is 21.5 Å². The van der Waals surface area contributed by atoms with Gasteiger partial charge in [0.05, 0.1) is 13.1 Å². The van der Waals surface area contributed by atoms with Crippen molar-refractivity contribution in [1.82, 2.24) is 0 Å². The molecule has 1 aromatic carbocycles. The molecule has 0 saturated carbocycles. The van der Waals surface area contributed by atoms with E-state index in [1.165, 1.54) is 173 Å². The van der Waals surface area contributed by atoms with Crippen LogP contribution >= 0.6 is 0 Å². The van der Waals surface area contributed by atoms with Crippen LogP contribution in [0.25, 0.3) is 0 Å². The molecule has 0 fully saturated rings. The van der Waals surface area contributed by atoms with E-state index in [1.807, 2.05) is 12.1 Å². The van der Waals surface area contributed by atoms with Gasteiger partial charge in [0.2, 0.25) is 0 Å². The van der Waals surface area contributed by atoms with Crippen LogP contribution in [0.3, 0.4) is 0 Å². The van der Waals surface area contributed by atoms with E-state index in [0.717, 1.165) is 19.5 Å². The zero-order chi connectivity index (χ0) is 32.1. The second kappa shape index (κ2) is 39.1. The van der Waals surface area contributed by atoms with Crippen molar-refractivity contribution in [1.29, 1.82) is 0 Å². The van der Waals surface area contributed by atoms with Gasteiger partial charge in [-0.15, -0.1) is 5.46 Å². The van der Waals surface area contributed by atoms with Crippen LogP contribution in [-0.2, 0) is 6.42 Å². The zero-order valence-corrected chi connectivity index (χ0v) is 29.6. The molecule has 43 heavy (non-hydrogen) atoms. The maximum absolute atomic E-state index is 10.6. The van der Waals surface area contributed by atoms with E-state index in [4.69, 9.17) is 0 Å². The second-order valence-corrected chi connectivity index (χ2v) is 12.7. The second-order valence-electron chi connectivity index (χ2n) is 12.7. The summed E-state index contributed by atoms with van der Waals surface area (Å²) in [6.07, 6.45) is 37.3. The highest BCUT2D eigenvalue weighted by Crippen LogP contribution is 2.11. The van der Waals surface area contributed by atoms with E-state index >= 15 is 0 Å². The summed E-state index contributed by atoms with van der Waals surface area (Å²) in [6, 6.07) is 7.14. The van der Waals surface area contributed by atoms with Gasteiger partial charge in [-0.3, -0.25) is 0 Å². The first-order chi connectivity index (χ1) is 21.1. The fourth-order valence-electron chi connectivity index (χ4n) is 5.28. The molecule has 0 spiro atoms. The molecule has 0 saturated heterocycles. The summed E-state index contributed by atoms with van der Waals surface area (Å²) in [5.41, 5.74) is 9.28.